The number of rotatable bonds is 2. The Bertz CT molecular complexity index is 208. The molecule has 1 rings (SSSR count). The van der Waals surface area contributed by atoms with Gasteiger partial charge < -0.3 is 10.8 Å². The second kappa shape index (κ2) is 3.51. The van der Waals surface area contributed by atoms with Gasteiger partial charge in [0, 0.05) is 0 Å². The van der Waals surface area contributed by atoms with Crippen molar-refractivity contribution in [1.82, 2.24) is 0 Å². The third-order valence-corrected chi connectivity index (χ3v) is 1.68. The van der Waals surface area contributed by atoms with Gasteiger partial charge in [0.1, 0.15) is 12.1 Å². The zero-order chi connectivity index (χ0) is 8.27. The standard InChI is InChI=1S/C9H13NO/c1-7(10)9(11)8-5-3-2-4-6-8/h2-7,9,11H,10H2,1H3/p+1/t7-,9+/m0/s1. The summed E-state index contributed by atoms with van der Waals surface area (Å²) in [5.41, 5.74) is 4.70. The first-order valence-electron chi connectivity index (χ1n) is 3.78. The molecule has 60 valence electrons. The maximum Gasteiger partial charge on any atom is 0.130 e. The average molecular weight is 152 g/mol. The minimum Gasteiger partial charge on any atom is -0.382 e. The van der Waals surface area contributed by atoms with Crippen molar-refractivity contribution in [2.45, 2.75) is 19.1 Å². The molecule has 1 aromatic rings. The van der Waals surface area contributed by atoms with E-state index in [0.29, 0.717) is 0 Å². The second-order valence-corrected chi connectivity index (χ2v) is 2.83. The van der Waals surface area contributed by atoms with Crippen molar-refractivity contribution in [1.29, 1.82) is 0 Å². The Hall–Kier alpha value is -0.860. The summed E-state index contributed by atoms with van der Waals surface area (Å²) in [4.78, 5) is 0. The Morgan fingerprint density at radius 2 is 1.82 bits per heavy atom. The van der Waals surface area contributed by atoms with E-state index in [9.17, 15) is 5.11 Å². The second-order valence-electron chi connectivity index (χ2n) is 2.83. The van der Waals surface area contributed by atoms with Crippen LogP contribution in [0.15, 0.2) is 30.3 Å². The lowest BCUT2D eigenvalue weighted by Crippen LogP contribution is -2.61. The Labute approximate surface area is 66.7 Å². The first kappa shape index (κ1) is 8.24. The summed E-state index contributed by atoms with van der Waals surface area (Å²) in [6.07, 6.45) is -0.434. The van der Waals surface area contributed by atoms with Crippen molar-refractivity contribution in [3.05, 3.63) is 35.9 Å². The van der Waals surface area contributed by atoms with Crippen molar-refractivity contribution < 1.29 is 10.8 Å². The van der Waals surface area contributed by atoms with Gasteiger partial charge in [0.05, 0.1) is 0 Å². The molecule has 0 saturated heterocycles. The van der Waals surface area contributed by atoms with E-state index in [4.69, 9.17) is 0 Å². The molecular weight excluding hydrogens is 138 g/mol. The van der Waals surface area contributed by atoms with E-state index in [-0.39, 0.29) is 6.04 Å². The van der Waals surface area contributed by atoms with Crippen LogP contribution in [0.2, 0.25) is 0 Å². The molecule has 0 unspecified atom stereocenters. The van der Waals surface area contributed by atoms with Crippen LogP contribution >= 0.6 is 0 Å². The number of aliphatic hydroxyl groups excluding tert-OH is 1. The molecule has 0 aliphatic heterocycles. The fourth-order valence-electron chi connectivity index (χ4n) is 0.979. The van der Waals surface area contributed by atoms with Crippen molar-refractivity contribution in [3.8, 4) is 0 Å². The summed E-state index contributed by atoms with van der Waals surface area (Å²) in [6.45, 7) is 1.90. The Morgan fingerprint density at radius 3 is 2.27 bits per heavy atom. The summed E-state index contributed by atoms with van der Waals surface area (Å²) < 4.78 is 0. The van der Waals surface area contributed by atoms with E-state index < -0.39 is 6.10 Å². The number of hydrogen-bond acceptors (Lipinski definition) is 1. The monoisotopic (exact) mass is 152 g/mol. The van der Waals surface area contributed by atoms with Crippen LogP contribution in [0.1, 0.15) is 18.6 Å². The van der Waals surface area contributed by atoms with E-state index >= 15 is 0 Å². The smallest absolute Gasteiger partial charge is 0.130 e. The van der Waals surface area contributed by atoms with Crippen LogP contribution in [-0.2, 0) is 0 Å². The minimum atomic E-state index is -0.434. The quantitative estimate of drug-likeness (QED) is 0.631. The summed E-state index contributed by atoms with van der Waals surface area (Å²) in [7, 11) is 0. The highest BCUT2D eigenvalue weighted by Crippen LogP contribution is 2.12. The Kier molecular flexibility index (Phi) is 2.63. The predicted octanol–water partition coefficient (Wildman–Crippen LogP) is 0.350. The number of aliphatic hydroxyl groups is 1. The van der Waals surface area contributed by atoms with Crippen LogP contribution < -0.4 is 5.73 Å². The topological polar surface area (TPSA) is 47.9 Å². The van der Waals surface area contributed by atoms with Gasteiger partial charge in [-0.25, -0.2) is 0 Å². The maximum atomic E-state index is 9.54. The van der Waals surface area contributed by atoms with Crippen molar-refractivity contribution in [3.63, 3.8) is 0 Å². The third kappa shape index (κ3) is 2.03. The molecule has 0 radical (unpaired) electrons. The van der Waals surface area contributed by atoms with Gasteiger partial charge in [-0.1, -0.05) is 30.3 Å². The SMILES string of the molecule is C[C@H]([NH3+])[C@@H](O)c1ccccc1. The molecule has 0 aromatic heterocycles. The highest BCUT2D eigenvalue weighted by atomic mass is 16.3. The van der Waals surface area contributed by atoms with Gasteiger partial charge in [-0.2, -0.15) is 0 Å². The molecule has 2 heteroatoms. The maximum absolute atomic E-state index is 9.54. The van der Waals surface area contributed by atoms with Crippen LogP contribution in [0, 0.1) is 0 Å². The molecule has 4 N–H and O–H groups in total. The van der Waals surface area contributed by atoms with Crippen LogP contribution in [0.4, 0.5) is 0 Å². The molecule has 0 saturated carbocycles. The average Bonchev–Trinajstić information content (AvgIpc) is 2.05. The Morgan fingerprint density at radius 1 is 1.27 bits per heavy atom. The molecule has 0 aliphatic rings. The largest absolute Gasteiger partial charge is 0.382 e. The van der Waals surface area contributed by atoms with E-state index in [1.54, 1.807) is 0 Å². The van der Waals surface area contributed by atoms with Gasteiger partial charge in [0.15, 0.2) is 0 Å². The fraction of sp³-hybridized carbons (Fsp3) is 0.333. The van der Waals surface area contributed by atoms with E-state index in [2.05, 4.69) is 5.73 Å². The van der Waals surface area contributed by atoms with Gasteiger partial charge in [0.25, 0.3) is 0 Å². The molecule has 2 atom stereocenters. The normalized spacial score (nSPS) is 15.9. The zero-order valence-electron chi connectivity index (χ0n) is 6.70. The lowest BCUT2D eigenvalue weighted by atomic mass is 10.0. The predicted molar refractivity (Wildman–Crippen MR) is 43.8 cm³/mol. The van der Waals surface area contributed by atoms with Crippen molar-refractivity contribution in [2.24, 2.45) is 0 Å². The third-order valence-electron chi connectivity index (χ3n) is 1.68. The first-order chi connectivity index (χ1) is 5.22. The lowest BCUT2D eigenvalue weighted by Gasteiger charge is -2.11. The van der Waals surface area contributed by atoms with E-state index in [1.807, 2.05) is 37.3 Å². The number of benzene rings is 1. The highest BCUT2D eigenvalue weighted by Gasteiger charge is 2.13. The highest BCUT2D eigenvalue weighted by molar-refractivity contribution is 5.17. The summed E-state index contributed by atoms with van der Waals surface area (Å²) in [5.74, 6) is 0. The van der Waals surface area contributed by atoms with Crippen LogP contribution in [0.25, 0.3) is 0 Å². The fourth-order valence-corrected chi connectivity index (χ4v) is 0.979. The zero-order valence-corrected chi connectivity index (χ0v) is 6.70. The van der Waals surface area contributed by atoms with Gasteiger partial charge in [-0.3, -0.25) is 0 Å². The molecule has 0 fully saturated rings. The Balaban J connectivity index is 2.77. The van der Waals surface area contributed by atoms with Gasteiger partial charge in [-0.05, 0) is 12.5 Å². The molecule has 11 heavy (non-hydrogen) atoms. The van der Waals surface area contributed by atoms with Crippen LogP contribution in [0.3, 0.4) is 0 Å². The molecular formula is C9H14NO+. The van der Waals surface area contributed by atoms with Crippen LogP contribution in [-0.4, -0.2) is 11.1 Å². The molecule has 0 aliphatic carbocycles. The van der Waals surface area contributed by atoms with Crippen molar-refractivity contribution in [2.75, 3.05) is 0 Å². The lowest BCUT2D eigenvalue weighted by molar-refractivity contribution is -0.433. The molecule has 0 heterocycles. The van der Waals surface area contributed by atoms with E-state index in [0.717, 1.165) is 5.56 Å². The minimum absolute atomic E-state index is 0.0393. The van der Waals surface area contributed by atoms with Gasteiger partial charge >= 0.3 is 0 Å². The van der Waals surface area contributed by atoms with Gasteiger partial charge in [0.2, 0.25) is 0 Å². The molecule has 0 amide bonds. The van der Waals surface area contributed by atoms with E-state index in [1.165, 1.54) is 0 Å². The molecule has 0 spiro atoms. The van der Waals surface area contributed by atoms with Crippen LogP contribution in [0.5, 0.6) is 0 Å². The summed E-state index contributed by atoms with van der Waals surface area (Å²) >= 11 is 0. The number of hydrogen-bond donors (Lipinski definition) is 2. The summed E-state index contributed by atoms with van der Waals surface area (Å²) in [6, 6.07) is 9.63. The number of quaternary nitrogens is 1. The molecule has 1 aromatic carbocycles. The summed E-state index contributed by atoms with van der Waals surface area (Å²) in [5, 5.41) is 9.54. The van der Waals surface area contributed by atoms with Gasteiger partial charge in [-0.15, -0.1) is 0 Å². The molecule has 0 bridgehead atoms. The molecule has 2 nitrogen and oxygen atoms in total. The first-order valence-corrected chi connectivity index (χ1v) is 3.78. The van der Waals surface area contributed by atoms with Crippen molar-refractivity contribution >= 4 is 0 Å².